The zero-order valence-corrected chi connectivity index (χ0v) is 12.5. The molecule has 0 aromatic heterocycles. The maximum atomic E-state index is 14.2. The van der Waals surface area contributed by atoms with E-state index in [4.69, 9.17) is 9.47 Å². The Hall–Kier alpha value is -2.07. The van der Waals surface area contributed by atoms with E-state index in [0.717, 1.165) is 11.3 Å². The van der Waals surface area contributed by atoms with Crippen molar-refractivity contribution in [2.45, 2.75) is 12.5 Å². The van der Waals surface area contributed by atoms with Gasteiger partial charge in [0, 0.05) is 17.7 Å². The molecule has 112 valence electrons. The number of hydrogen-bond acceptors (Lipinski definition) is 3. The molecule has 2 aromatic carbocycles. The molecular weight excluding hydrogens is 269 g/mol. The van der Waals surface area contributed by atoms with Gasteiger partial charge in [-0.05, 0) is 37.2 Å². The van der Waals surface area contributed by atoms with Crippen LogP contribution in [0.2, 0.25) is 0 Å². The van der Waals surface area contributed by atoms with Crippen molar-refractivity contribution in [3.63, 3.8) is 0 Å². The third-order valence-corrected chi connectivity index (χ3v) is 3.53. The molecule has 0 saturated carbocycles. The minimum absolute atomic E-state index is 0.0932. The third kappa shape index (κ3) is 3.73. The Kier molecular flexibility index (Phi) is 5.17. The topological polar surface area (TPSA) is 30.5 Å². The summed E-state index contributed by atoms with van der Waals surface area (Å²) >= 11 is 0. The SMILES string of the molecule is CNC(Cc1ccc(OC)cc1)c1ccc(OC)cc1F. The molecule has 0 aliphatic rings. The lowest BCUT2D eigenvalue weighted by atomic mass is 9.98. The number of ether oxygens (including phenoxy) is 2. The Morgan fingerprint density at radius 1 is 1.00 bits per heavy atom. The van der Waals surface area contributed by atoms with Gasteiger partial charge in [0.15, 0.2) is 0 Å². The molecule has 21 heavy (non-hydrogen) atoms. The lowest BCUT2D eigenvalue weighted by Gasteiger charge is -2.18. The Morgan fingerprint density at radius 3 is 2.14 bits per heavy atom. The zero-order chi connectivity index (χ0) is 15.2. The number of methoxy groups -OCH3 is 2. The predicted octanol–water partition coefficient (Wildman–Crippen LogP) is 3.35. The summed E-state index contributed by atoms with van der Waals surface area (Å²) in [5.74, 6) is 1.08. The monoisotopic (exact) mass is 289 g/mol. The minimum Gasteiger partial charge on any atom is -0.497 e. The van der Waals surface area contributed by atoms with Crippen LogP contribution in [0.3, 0.4) is 0 Å². The molecule has 0 aliphatic carbocycles. The lowest BCUT2D eigenvalue weighted by Crippen LogP contribution is -2.20. The van der Waals surface area contributed by atoms with Crippen molar-refractivity contribution in [2.24, 2.45) is 0 Å². The van der Waals surface area contributed by atoms with Crippen molar-refractivity contribution >= 4 is 0 Å². The standard InChI is InChI=1S/C17H20FNO2/c1-19-17(10-12-4-6-13(20-2)7-5-12)15-9-8-14(21-3)11-16(15)18/h4-9,11,17,19H,10H2,1-3H3. The van der Waals surface area contributed by atoms with Gasteiger partial charge in [-0.15, -0.1) is 0 Å². The van der Waals surface area contributed by atoms with Gasteiger partial charge in [0.05, 0.1) is 14.2 Å². The maximum absolute atomic E-state index is 14.2. The number of nitrogens with one attached hydrogen (secondary N) is 1. The minimum atomic E-state index is -0.262. The van der Waals surface area contributed by atoms with Gasteiger partial charge in [0.1, 0.15) is 17.3 Å². The molecule has 2 aromatic rings. The molecular formula is C17H20FNO2. The Bertz CT molecular complexity index is 584. The molecule has 0 amide bonds. The van der Waals surface area contributed by atoms with E-state index in [0.29, 0.717) is 17.7 Å². The second kappa shape index (κ2) is 7.09. The van der Waals surface area contributed by atoms with Crippen LogP contribution in [-0.2, 0) is 6.42 Å². The number of hydrogen-bond donors (Lipinski definition) is 1. The van der Waals surface area contributed by atoms with E-state index < -0.39 is 0 Å². The quantitative estimate of drug-likeness (QED) is 0.884. The molecule has 2 rings (SSSR count). The van der Waals surface area contributed by atoms with Gasteiger partial charge >= 0.3 is 0 Å². The molecule has 1 N–H and O–H groups in total. The highest BCUT2D eigenvalue weighted by Crippen LogP contribution is 2.25. The third-order valence-electron chi connectivity index (χ3n) is 3.53. The first kappa shape index (κ1) is 15.3. The first-order valence-electron chi connectivity index (χ1n) is 6.81. The number of rotatable bonds is 6. The van der Waals surface area contributed by atoms with Crippen LogP contribution in [0.15, 0.2) is 42.5 Å². The predicted molar refractivity (Wildman–Crippen MR) is 81.5 cm³/mol. The van der Waals surface area contributed by atoms with Crippen molar-refractivity contribution in [3.8, 4) is 11.5 Å². The first-order valence-corrected chi connectivity index (χ1v) is 6.81. The van der Waals surface area contributed by atoms with E-state index in [2.05, 4.69) is 5.32 Å². The Labute approximate surface area is 124 Å². The molecule has 0 saturated heterocycles. The average Bonchev–Trinajstić information content (AvgIpc) is 2.53. The molecule has 0 fully saturated rings. The highest BCUT2D eigenvalue weighted by molar-refractivity contribution is 5.33. The Balaban J connectivity index is 2.18. The average molecular weight is 289 g/mol. The normalized spacial score (nSPS) is 12.0. The van der Waals surface area contributed by atoms with Crippen LogP contribution in [-0.4, -0.2) is 21.3 Å². The molecule has 0 spiro atoms. The fraction of sp³-hybridized carbons (Fsp3) is 0.294. The maximum Gasteiger partial charge on any atom is 0.131 e. The van der Waals surface area contributed by atoms with E-state index in [1.807, 2.05) is 31.3 Å². The van der Waals surface area contributed by atoms with E-state index in [9.17, 15) is 4.39 Å². The Morgan fingerprint density at radius 2 is 1.62 bits per heavy atom. The van der Waals surface area contributed by atoms with Crippen LogP contribution in [0, 0.1) is 5.82 Å². The van der Waals surface area contributed by atoms with E-state index >= 15 is 0 Å². The molecule has 0 radical (unpaired) electrons. The van der Waals surface area contributed by atoms with Crippen molar-refractivity contribution < 1.29 is 13.9 Å². The molecule has 1 atom stereocenters. The largest absolute Gasteiger partial charge is 0.497 e. The van der Waals surface area contributed by atoms with Gasteiger partial charge in [-0.3, -0.25) is 0 Å². The molecule has 0 bridgehead atoms. The summed E-state index contributed by atoms with van der Waals surface area (Å²) in [5.41, 5.74) is 1.75. The summed E-state index contributed by atoms with van der Waals surface area (Å²) < 4.78 is 24.3. The van der Waals surface area contributed by atoms with E-state index in [1.165, 1.54) is 13.2 Å². The summed E-state index contributed by atoms with van der Waals surface area (Å²) in [6, 6.07) is 12.7. The van der Waals surface area contributed by atoms with Crippen molar-refractivity contribution in [3.05, 3.63) is 59.4 Å². The van der Waals surface area contributed by atoms with Gasteiger partial charge in [0.25, 0.3) is 0 Å². The van der Waals surface area contributed by atoms with E-state index in [-0.39, 0.29) is 11.9 Å². The second-order valence-electron chi connectivity index (χ2n) is 4.78. The zero-order valence-electron chi connectivity index (χ0n) is 12.5. The highest BCUT2D eigenvalue weighted by atomic mass is 19.1. The fourth-order valence-electron chi connectivity index (χ4n) is 2.28. The molecule has 0 heterocycles. The highest BCUT2D eigenvalue weighted by Gasteiger charge is 2.15. The molecule has 1 unspecified atom stereocenters. The summed E-state index contributed by atoms with van der Waals surface area (Å²) in [7, 11) is 5.00. The molecule has 4 heteroatoms. The van der Waals surface area contributed by atoms with Gasteiger partial charge in [0.2, 0.25) is 0 Å². The summed E-state index contributed by atoms with van der Waals surface area (Å²) in [6.07, 6.45) is 0.698. The fourth-order valence-corrected chi connectivity index (χ4v) is 2.28. The number of benzene rings is 2. The summed E-state index contributed by atoms with van der Waals surface area (Å²) in [5, 5.41) is 3.16. The van der Waals surface area contributed by atoms with Crippen LogP contribution in [0.4, 0.5) is 4.39 Å². The summed E-state index contributed by atoms with van der Waals surface area (Å²) in [4.78, 5) is 0. The lowest BCUT2D eigenvalue weighted by molar-refractivity contribution is 0.409. The van der Waals surface area contributed by atoms with Gasteiger partial charge < -0.3 is 14.8 Å². The van der Waals surface area contributed by atoms with Gasteiger partial charge in [-0.2, -0.15) is 0 Å². The molecule has 0 aliphatic heterocycles. The molecule has 3 nitrogen and oxygen atoms in total. The van der Waals surface area contributed by atoms with Crippen LogP contribution >= 0.6 is 0 Å². The van der Waals surface area contributed by atoms with Crippen molar-refractivity contribution in [1.82, 2.24) is 5.32 Å². The van der Waals surface area contributed by atoms with Gasteiger partial charge in [-0.25, -0.2) is 4.39 Å². The van der Waals surface area contributed by atoms with Crippen molar-refractivity contribution in [2.75, 3.05) is 21.3 Å². The number of halogens is 1. The van der Waals surface area contributed by atoms with Gasteiger partial charge in [-0.1, -0.05) is 18.2 Å². The second-order valence-corrected chi connectivity index (χ2v) is 4.78. The van der Waals surface area contributed by atoms with Crippen LogP contribution in [0.5, 0.6) is 11.5 Å². The van der Waals surface area contributed by atoms with Crippen LogP contribution < -0.4 is 14.8 Å². The number of likely N-dealkylation sites (N-methyl/N-ethyl adjacent to an activating group) is 1. The first-order chi connectivity index (χ1) is 10.2. The van der Waals surface area contributed by atoms with Crippen molar-refractivity contribution in [1.29, 1.82) is 0 Å². The smallest absolute Gasteiger partial charge is 0.131 e. The van der Waals surface area contributed by atoms with Crippen LogP contribution in [0.1, 0.15) is 17.2 Å². The van der Waals surface area contributed by atoms with E-state index in [1.54, 1.807) is 19.2 Å². The summed E-state index contributed by atoms with van der Waals surface area (Å²) in [6.45, 7) is 0. The van der Waals surface area contributed by atoms with Crippen LogP contribution in [0.25, 0.3) is 0 Å².